The van der Waals surface area contributed by atoms with Crippen LogP contribution in [0.3, 0.4) is 0 Å². The molecule has 0 heterocycles. The lowest BCUT2D eigenvalue weighted by atomic mass is 9.77. The Balaban J connectivity index is 3.35. The van der Waals surface area contributed by atoms with Gasteiger partial charge in [0.25, 0.3) is 0 Å². The summed E-state index contributed by atoms with van der Waals surface area (Å²) in [4.78, 5) is 10.8. The van der Waals surface area contributed by atoms with Gasteiger partial charge < -0.3 is 19.9 Å². The van der Waals surface area contributed by atoms with Gasteiger partial charge in [0.05, 0.1) is 7.11 Å². The molecule has 1 aromatic rings. The Hall–Kier alpha value is -1.53. The number of rotatable bonds is 3. The Bertz CT molecular complexity index is 350. The van der Waals surface area contributed by atoms with Crippen LogP contribution in [-0.4, -0.2) is 35.4 Å². The van der Waals surface area contributed by atoms with Crippen molar-refractivity contribution in [3.8, 4) is 5.75 Å². The zero-order chi connectivity index (χ0) is 10.7. The van der Waals surface area contributed by atoms with E-state index in [1.54, 1.807) is 0 Å². The van der Waals surface area contributed by atoms with Crippen molar-refractivity contribution in [3.63, 3.8) is 0 Å². The van der Waals surface area contributed by atoms with Gasteiger partial charge in [-0.2, -0.15) is 0 Å². The van der Waals surface area contributed by atoms with Crippen molar-refractivity contribution < 1.29 is 24.7 Å². The quantitative estimate of drug-likeness (QED) is 0.543. The SMILES string of the molecule is COc1cccc(B(O)O)c1C(=O)O. The number of ether oxygens (including phenoxy) is 1. The molecule has 1 rings (SSSR count). The molecule has 0 spiro atoms. The molecule has 5 nitrogen and oxygen atoms in total. The molecule has 0 amide bonds. The van der Waals surface area contributed by atoms with Crippen LogP contribution in [0.1, 0.15) is 10.4 Å². The predicted octanol–water partition coefficient (Wildman–Crippen LogP) is -0.927. The summed E-state index contributed by atoms with van der Waals surface area (Å²) in [6, 6.07) is 4.24. The molecule has 0 saturated heterocycles. The van der Waals surface area contributed by atoms with Crippen LogP contribution >= 0.6 is 0 Å². The first-order valence-electron chi connectivity index (χ1n) is 3.84. The summed E-state index contributed by atoms with van der Waals surface area (Å²) in [5, 5.41) is 26.6. The average molecular weight is 196 g/mol. The van der Waals surface area contributed by atoms with Gasteiger partial charge >= 0.3 is 13.1 Å². The minimum atomic E-state index is -1.82. The molecule has 74 valence electrons. The molecule has 0 aromatic heterocycles. The van der Waals surface area contributed by atoms with Crippen LogP contribution in [-0.2, 0) is 0 Å². The van der Waals surface area contributed by atoms with E-state index in [2.05, 4.69) is 0 Å². The second-order valence-corrected chi connectivity index (χ2v) is 2.60. The molecule has 6 heteroatoms. The number of carboxylic acid groups (broad SMARTS) is 1. The zero-order valence-corrected chi connectivity index (χ0v) is 7.47. The maximum Gasteiger partial charge on any atom is 0.489 e. The van der Waals surface area contributed by atoms with Gasteiger partial charge in [0.15, 0.2) is 0 Å². The molecule has 0 atom stereocenters. The van der Waals surface area contributed by atoms with Crippen molar-refractivity contribution in [1.82, 2.24) is 0 Å². The van der Waals surface area contributed by atoms with Gasteiger partial charge in [-0.1, -0.05) is 12.1 Å². The number of benzene rings is 1. The lowest BCUT2D eigenvalue weighted by molar-refractivity contribution is 0.0694. The van der Waals surface area contributed by atoms with Crippen LogP contribution in [0, 0.1) is 0 Å². The van der Waals surface area contributed by atoms with E-state index >= 15 is 0 Å². The van der Waals surface area contributed by atoms with Crippen molar-refractivity contribution >= 4 is 18.6 Å². The van der Waals surface area contributed by atoms with E-state index in [1.165, 1.54) is 25.3 Å². The maximum atomic E-state index is 10.8. The summed E-state index contributed by atoms with van der Waals surface area (Å²) in [6.45, 7) is 0. The van der Waals surface area contributed by atoms with Crippen molar-refractivity contribution in [2.24, 2.45) is 0 Å². The number of aromatic carboxylic acids is 1. The molecule has 0 unspecified atom stereocenters. The lowest BCUT2D eigenvalue weighted by Gasteiger charge is -2.09. The molecule has 3 N–H and O–H groups in total. The van der Waals surface area contributed by atoms with Crippen LogP contribution in [0.2, 0.25) is 0 Å². The van der Waals surface area contributed by atoms with Crippen LogP contribution < -0.4 is 10.2 Å². The number of carboxylic acids is 1. The minimum Gasteiger partial charge on any atom is -0.496 e. The molecule has 0 fully saturated rings. The van der Waals surface area contributed by atoms with Crippen molar-refractivity contribution in [2.45, 2.75) is 0 Å². The van der Waals surface area contributed by atoms with Crippen LogP contribution in [0.25, 0.3) is 0 Å². The fraction of sp³-hybridized carbons (Fsp3) is 0.125. The Morgan fingerprint density at radius 2 is 2.07 bits per heavy atom. The van der Waals surface area contributed by atoms with Crippen molar-refractivity contribution in [1.29, 1.82) is 0 Å². The lowest BCUT2D eigenvalue weighted by Crippen LogP contribution is -2.34. The topological polar surface area (TPSA) is 87.0 Å². The van der Waals surface area contributed by atoms with Gasteiger partial charge in [0.2, 0.25) is 0 Å². The molecule has 0 radical (unpaired) electrons. The van der Waals surface area contributed by atoms with E-state index < -0.39 is 13.1 Å². The standard InChI is InChI=1S/C8H9BO5/c1-14-6-4-2-3-5(9(12)13)7(6)8(10)11/h2-4,12-13H,1H3,(H,10,11). The molecule has 0 aliphatic rings. The van der Waals surface area contributed by atoms with E-state index in [0.717, 1.165) is 0 Å². The van der Waals surface area contributed by atoms with Gasteiger partial charge in [-0.3, -0.25) is 0 Å². The van der Waals surface area contributed by atoms with Gasteiger partial charge in [-0.05, 0) is 6.07 Å². The first kappa shape index (κ1) is 10.6. The Labute approximate surface area is 80.7 Å². The molecule has 14 heavy (non-hydrogen) atoms. The normalized spacial score (nSPS) is 9.64. The summed E-state index contributed by atoms with van der Waals surface area (Å²) < 4.78 is 4.79. The first-order chi connectivity index (χ1) is 6.57. The molecule has 0 saturated carbocycles. The molecular formula is C8H9BO5. The fourth-order valence-corrected chi connectivity index (χ4v) is 1.16. The smallest absolute Gasteiger partial charge is 0.489 e. The predicted molar refractivity (Wildman–Crippen MR) is 49.8 cm³/mol. The monoisotopic (exact) mass is 196 g/mol. The zero-order valence-electron chi connectivity index (χ0n) is 7.47. The highest BCUT2D eigenvalue weighted by molar-refractivity contribution is 6.60. The summed E-state index contributed by atoms with van der Waals surface area (Å²) in [5.74, 6) is -1.16. The molecule has 0 bridgehead atoms. The van der Waals surface area contributed by atoms with Crippen LogP contribution in [0.15, 0.2) is 18.2 Å². The van der Waals surface area contributed by atoms with E-state index in [0.29, 0.717) is 0 Å². The second kappa shape index (κ2) is 4.12. The molecular weight excluding hydrogens is 187 g/mol. The highest BCUT2D eigenvalue weighted by atomic mass is 16.5. The average Bonchev–Trinajstić information content (AvgIpc) is 2.16. The van der Waals surface area contributed by atoms with E-state index in [-0.39, 0.29) is 16.8 Å². The van der Waals surface area contributed by atoms with E-state index in [4.69, 9.17) is 19.9 Å². The minimum absolute atomic E-state index is 0.0862. The van der Waals surface area contributed by atoms with E-state index in [1.807, 2.05) is 0 Å². The number of carbonyl (C=O) groups is 1. The van der Waals surface area contributed by atoms with Gasteiger partial charge in [-0.15, -0.1) is 0 Å². The van der Waals surface area contributed by atoms with Gasteiger partial charge in [-0.25, -0.2) is 4.79 Å². The molecule has 0 aliphatic carbocycles. The summed E-state index contributed by atoms with van der Waals surface area (Å²) in [6.07, 6.45) is 0. The third-order valence-electron chi connectivity index (χ3n) is 1.77. The molecule has 1 aromatic carbocycles. The third kappa shape index (κ3) is 1.86. The Morgan fingerprint density at radius 1 is 1.43 bits per heavy atom. The summed E-state index contributed by atoms with van der Waals surface area (Å²) in [5.41, 5.74) is -0.318. The van der Waals surface area contributed by atoms with Gasteiger partial charge in [0.1, 0.15) is 11.3 Å². The molecule has 0 aliphatic heterocycles. The van der Waals surface area contributed by atoms with Crippen LogP contribution in [0.4, 0.5) is 0 Å². The third-order valence-corrected chi connectivity index (χ3v) is 1.77. The number of hydrogen-bond acceptors (Lipinski definition) is 4. The summed E-state index contributed by atoms with van der Waals surface area (Å²) >= 11 is 0. The summed E-state index contributed by atoms with van der Waals surface area (Å²) in [7, 11) is -0.508. The number of hydrogen-bond donors (Lipinski definition) is 3. The van der Waals surface area contributed by atoms with E-state index in [9.17, 15) is 4.79 Å². The highest BCUT2D eigenvalue weighted by Crippen LogP contribution is 2.15. The second-order valence-electron chi connectivity index (χ2n) is 2.60. The Morgan fingerprint density at radius 3 is 2.50 bits per heavy atom. The maximum absolute atomic E-state index is 10.8. The Kier molecular flexibility index (Phi) is 3.11. The first-order valence-corrected chi connectivity index (χ1v) is 3.84. The van der Waals surface area contributed by atoms with Gasteiger partial charge in [0, 0.05) is 5.46 Å². The number of methoxy groups -OCH3 is 1. The fourth-order valence-electron chi connectivity index (χ4n) is 1.16. The van der Waals surface area contributed by atoms with Crippen LogP contribution in [0.5, 0.6) is 5.75 Å². The van der Waals surface area contributed by atoms with Crippen molar-refractivity contribution in [3.05, 3.63) is 23.8 Å². The highest BCUT2D eigenvalue weighted by Gasteiger charge is 2.23. The largest absolute Gasteiger partial charge is 0.496 e. The van der Waals surface area contributed by atoms with Crippen molar-refractivity contribution in [2.75, 3.05) is 7.11 Å².